The summed E-state index contributed by atoms with van der Waals surface area (Å²) < 4.78 is 45.4. The van der Waals surface area contributed by atoms with Gasteiger partial charge in [-0.2, -0.15) is 0 Å². The number of nitrogens with zero attached hydrogens (tertiary/aromatic N) is 1. The summed E-state index contributed by atoms with van der Waals surface area (Å²) in [6.45, 7) is 0.00916. The molecule has 13 nitrogen and oxygen atoms in total. The van der Waals surface area contributed by atoms with Crippen LogP contribution in [0.15, 0.2) is 12.1 Å². The monoisotopic (exact) mass is 537 g/mol. The first-order valence-corrected chi connectivity index (χ1v) is 12.7. The Labute approximate surface area is 218 Å². The van der Waals surface area contributed by atoms with E-state index in [0.29, 0.717) is 24.5 Å². The van der Waals surface area contributed by atoms with Crippen molar-refractivity contribution in [1.82, 2.24) is 4.90 Å². The second kappa shape index (κ2) is 10.7. The van der Waals surface area contributed by atoms with E-state index < -0.39 is 61.3 Å². The smallest absolute Gasteiger partial charge is 0.254 e. The summed E-state index contributed by atoms with van der Waals surface area (Å²) >= 11 is 0. The maximum Gasteiger partial charge on any atom is 0.254 e. The van der Waals surface area contributed by atoms with Crippen molar-refractivity contribution >= 4 is 11.7 Å². The number of aliphatic hydroxyl groups excluding tert-OH is 2. The molecule has 0 saturated carbocycles. The molecule has 13 heteroatoms. The summed E-state index contributed by atoms with van der Waals surface area (Å²) in [6, 6.07) is 3.61. The molecular formula is C25H31NO12. The van der Waals surface area contributed by atoms with Gasteiger partial charge in [0.15, 0.2) is 23.9 Å². The Hall–Kier alpha value is -2.36. The van der Waals surface area contributed by atoms with Gasteiger partial charge >= 0.3 is 0 Å². The molecular weight excluding hydrogens is 506 g/mol. The van der Waals surface area contributed by atoms with Crippen LogP contribution in [0.5, 0.6) is 11.5 Å². The number of carbonyl (C=O) groups excluding carboxylic acids is 2. The molecule has 38 heavy (non-hydrogen) atoms. The van der Waals surface area contributed by atoms with Gasteiger partial charge in [-0.25, -0.2) is 0 Å². The van der Waals surface area contributed by atoms with Gasteiger partial charge in [-0.15, -0.1) is 0 Å². The molecule has 3 fully saturated rings. The van der Waals surface area contributed by atoms with Gasteiger partial charge in [0.2, 0.25) is 6.79 Å². The predicted octanol–water partition coefficient (Wildman–Crippen LogP) is -0.602. The maximum atomic E-state index is 13.7. The minimum absolute atomic E-state index is 0.0660. The quantitative estimate of drug-likeness (QED) is 0.504. The van der Waals surface area contributed by atoms with Gasteiger partial charge in [0, 0.05) is 32.5 Å². The molecule has 2 bridgehead atoms. The lowest BCUT2D eigenvalue weighted by Crippen LogP contribution is -2.62. The lowest BCUT2D eigenvalue weighted by Gasteiger charge is -2.44. The van der Waals surface area contributed by atoms with E-state index in [9.17, 15) is 19.8 Å². The highest BCUT2D eigenvalue weighted by molar-refractivity contribution is 5.90. The third-order valence-electron chi connectivity index (χ3n) is 7.81. The Bertz CT molecular complexity index is 1070. The number of methoxy groups -OCH3 is 1. The second-order valence-corrected chi connectivity index (χ2v) is 9.92. The van der Waals surface area contributed by atoms with Gasteiger partial charge in [0.1, 0.15) is 49.9 Å². The third-order valence-corrected chi connectivity index (χ3v) is 7.81. The van der Waals surface area contributed by atoms with E-state index in [0.717, 1.165) is 11.1 Å². The number of ketones is 1. The van der Waals surface area contributed by atoms with Crippen molar-refractivity contribution in [3.63, 3.8) is 0 Å². The summed E-state index contributed by atoms with van der Waals surface area (Å²) in [6.07, 6.45) is -7.00. The fraction of sp³-hybridized carbons (Fsp3) is 0.680. The molecule has 0 radical (unpaired) electrons. The number of hydrogen-bond donors (Lipinski definition) is 2. The van der Waals surface area contributed by atoms with E-state index in [1.165, 1.54) is 12.0 Å². The van der Waals surface area contributed by atoms with E-state index in [2.05, 4.69) is 0 Å². The molecule has 0 aliphatic carbocycles. The highest BCUT2D eigenvalue weighted by atomic mass is 16.8. The van der Waals surface area contributed by atoms with E-state index in [1.54, 1.807) is 6.07 Å². The van der Waals surface area contributed by atoms with Crippen LogP contribution in [0.25, 0.3) is 0 Å². The number of aliphatic hydroxyl groups is 2. The van der Waals surface area contributed by atoms with Crippen molar-refractivity contribution in [2.24, 2.45) is 0 Å². The third kappa shape index (κ3) is 4.56. The first kappa shape index (κ1) is 25.9. The van der Waals surface area contributed by atoms with Gasteiger partial charge in [0.25, 0.3) is 5.91 Å². The molecule has 3 saturated heterocycles. The Balaban J connectivity index is 1.30. The second-order valence-electron chi connectivity index (χ2n) is 9.92. The Kier molecular flexibility index (Phi) is 7.26. The number of hydrogen-bond acceptors (Lipinski definition) is 12. The molecule has 3 unspecified atom stereocenters. The molecule has 8 atom stereocenters. The van der Waals surface area contributed by atoms with Crippen LogP contribution < -0.4 is 9.47 Å². The SMILES string of the molecule is CO[C@H]1C2OCOCOC2[C@H](O[C@@H]2CC(=O)C3CCN(Cc4cc5c(cc43)OCO5)C(=O)[C@@H]2O)O[C@@H]1CO. The minimum Gasteiger partial charge on any atom is -0.454 e. The van der Waals surface area contributed by atoms with Crippen LogP contribution in [-0.2, 0) is 44.6 Å². The highest BCUT2D eigenvalue weighted by Crippen LogP contribution is 2.42. The Morgan fingerprint density at radius 3 is 2.61 bits per heavy atom. The molecule has 5 aliphatic heterocycles. The van der Waals surface area contributed by atoms with Crippen molar-refractivity contribution < 1.29 is 57.7 Å². The van der Waals surface area contributed by atoms with E-state index in [-0.39, 0.29) is 39.1 Å². The van der Waals surface area contributed by atoms with Crippen molar-refractivity contribution in [1.29, 1.82) is 0 Å². The lowest BCUT2D eigenvalue weighted by molar-refractivity contribution is -0.325. The van der Waals surface area contributed by atoms with Gasteiger partial charge < -0.3 is 53.0 Å². The van der Waals surface area contributed by atoms with Crippen LogP contribution in [0.4, 0.5) is 0 Å². The summed E-state index contributed by atoms with van der Waals surface area (Å²) in [5.41, 5.74) is 1.56. The van der Waals surface area contributed by atoms with Gasteiger partial charge in [-0.3, -0.25) is 9.59 Å². The fourth-order valence-corrected chi connectivity index (χ4v) is 5.88. The number of ether oxygens (including phenoxy) is 8. The topological polar surface area (TPSA) is 152 Å². The molecule has 0 spiro atoms. The van der Waals surface area contributed by atoms with E-state index in [1.807, 2.05) is 6.07 Å². The molecule has 1 aromatic carbocycles. The number of fused-ring (bicyclic) bond motifs is 7. The van der Waals surface area contributed by atoms with Crippen LogP contribution in [-0.4, -0.2) is 110 Å². The van der Waals surface area contributed by atoms with Crippen LogP contribution in [0.1, 0.15) is 29.9 Å². The van der Waals surface area contributed by atoms with Crippen molar-refractivity contribution in [2.45, 2.75) is 68.2 Å². The molecule has 5 heterocycles. The largest absolute Gasteiger partial charge is 0.454 e. The summed E-state index contributed by atoms with van der Waals surface area (Å²) in [7, 11) is 1.46. The Morgan fingerprint density at radius 1 is 1.08 bits per heavy atom. The van der Waals surface area contributed by atoms with Gasteiger partial charge in [0.05, 0.1) is 6.61 Å². The summed E-state index contributed by atoms with van der Waals surface area (Å²) in [5.74, 6) is -0.149. The van der Waals surface area contributed by atoms with Gasteiger partial charge in [-0.05, 0) is 29.7 Å². The van der Waals surface area contributed by atoms with Crippen LogP contribution >= 0.6 is 0 Å². The molecule has 5 aliphatic rings. The van der Waals surface area contributed by atoms with Gasteiger partial charge in [-0.1, -0.05) is 0 Å². The zero-order valence-corrected chi connectivity index (χ0v) is 20.9. The average molecular weight is 538 g/mol. The first-order valence-electron chi connectivity index (χ1n) is 12.7. The average Bonchev–Trinajstić information content (AvgIpc) is 3.13. The van der Waals surface area contributed by atoms with Crippen LogP contribution in [0.2, 0.25) is 0 Å². The fourth-order valence-electron chi connectivity index (χ4n) is 5.88. The Morgan fingerprint density at radius 2 is 1.84 bits per heavy atom. The molecule has 1 amide bonds. The normalized spacial score (nSPS) is 37.0. The van der Waals surface area contributed by atoms with E-state index in [4.69, 9.17) is 37.9 Å². The molecule has 0 aromatic heterocycles. The number of Topliss-reactive ketones (excluding diaryl/α,β-unsaturated/α-hetero) is 1. The number of carbonyl (C=O) groups is 2. The van der Waals surface area contributed by atoms with Crippen molar-refractivity contribution in [3.05, 3.63) is 23.3 Å². The first-order chi connectivity index (χ1) is 18.5. The lowest BCUT2D eigenvalue weighted by atomic mass is 9.86. The minimum atomic E-state index is -1.63. The molecule has 1 aromatic rings. The van der Waals surface area contributed by atoms with Crippen LogP contribution in [0.3, 0.4) is 0 Å². The molecule has 208 valence electrons. The molecule has 6 rings (SSSR count). The standard InChI is InChI=1S/C25H31NO12/c1-31-21-19(8-27)38-25(23-22(21)35-9-32-10-36-23)37-18-6-15(28)13-2-3-26(24(30)20(18)29)7-12-4-16-17(5-14(12)13)34-11-33-16/h4-5,13,18-23,25,27,29H,2-3,6-11H2,1H3/t13?,18-,19-,20-,21-,22?,23?,25-/m1/s1. The zero-order chi connectivity index (χ0) is 26.4. The number of benzene rings is 1. The number of amides is 1. The van der Waals surface area contributed by atoms with Crippen LogP contribution in [0, 0.1) is 0 Å². The zero-order valence-electron chi connectivity index (χ0n) is 20.9. The highest BCUT2D eigenvalue weighted by Gasteiger charge is 2.51. The van der Waals surface area contributed by atoms with Crippen molar-refractivity contribution in [2.75, 3.05) is 40.6 Å². The number of rotatable bonds is 4. The van der Waals surface area contributed by atoms with Crippen molar-refractivity contribution in [3.8, 4) is 11.5 Å². The maximum absolute atomic E-state index is 13.7. The summed E-state index contributed by atoms with van der Waals surface area (Å²) in [4.78, 5) is 28.7. The van der Waals surface area contributed by atoms with E-state index >= 15 is 0 Å². The summed E-state index contributed by atoms with van der Waals surface area (Å²) in [5, 5.41) is 21.1. The predicted molar refractivity (Wildman–Crippen MR) is 123 cm³/mol. The molecule has 2 N–H and O–H groups in total.